The maximum atomic E-state index is 6.14. The summed E-state index contributed by atoms with van der Waals surface area (Å²) in [4.78, 5) is 0. The predicted octanol–water partition coefficient (Wildman–Crippen LogP) is 4.35. The Morgan fingerprint density at radius 3 is 2.80 bits per heavy atom. The lowest BCUT2D eigenvalue weighted by Crippen LogP contribution is -2.23. The standard InChI is InChI=1S/C18H26O2/c1-3-8-17(19-2)13-16-11-7-12-18(16)20-14-15-9-5-4-6-10-15/h3-6,9-10,16-18H,1,7-8,11-14H2,2H3/t16-,17?,18+/m1/s1. The van der Waals surface area contributed by atoms with Gasteiger partial charge in [0.05, 0.1) is 18.8 Å². The Hall–Kier alpha value is -1.12. The van der Waals surface area contributed by atoms with E-state index >= 15 is 0 Å². The summed E-state index contributed by atoms with van der Waals surface area (Å²) in [5, 5.41) is 0. The molecule has 0 saturated heterocycles. The Labute approximate surface area is 122 Å². The molecule has 0 heterocycles. The van der Waals surface area contributed by atoms with Crippen LogP contribution in [0, 0.1) is 5.92 Å². The summed E-state index contributed by atoms with van der Waals surface area (Å²) in [5.41, 5.74) is 1.26. The number of ether oxygens (including phenoxy) is 2. The molecule has 3 atom stereocenters. The van der Waals surface area contributed by atoms with Gasteiger partial charge in [-0.1, -0.05) is 42.8 Å². The molecule has 2 nitrogen and oxygen atoms in total. The highest BCUT2D eigenvalue weighted by Crippen LogP contribution is 2.33. The molecule has 0 radical (unpaired) electrons. The number of hydrogen-bond donors (Lipinski definition) is 0. The van der Waals surface area contributed by atoms with Crippen molar-refractivity contribution in [3.63, 3.8) is 0 Å². The van der Waals surface area contributed by atoms with Crippen molar-refractivity contribution in [2.45, 2.75) is 50.9 Å². The maximum absolute atomic E-state index is 6.14. The van der Waals surface area contributed by atoms with Gasteiger partial charge >= 0.3 is 0 Å². The fourth-order valence-electron chi connectivity index (χ4n) is 3.08. The summed E-state index contributed by atoms with van der Waals surface area (Å²) < 4.78 is 11.7. The number of benzene rings is 1. The molecule has 1 aromatic rings. The van der Waals surface area contributed by atoms with Crippen molar-refractivity contribution < 1.29 is 9.47 Å². The van der Waals surface area contributed by atoms with E-state index in [2.05, 4.69) is 30.8 Å². The SMILES string of the molecule is C=CCC(C[C@H]1CCC[C@@H]1OCc1ccccc1)OC. The van der Waals surface area contributed by atoms with Crippen LogP contribution in [0.1, 0.15) is 37.7 Å². The number of rotatable bonds is 8. The first-order valence-electron chi connectivity index (χ1n) is 7.62. The maximum Gasteiger partial charge on any atom is 0.0720 e. The van der Waals surface area contributed by atoms with Crippen LogP contribution < -0.4 is 0 Å². The average molecular weight is 274 g/mol. The molecule has 1 aliphatic rings. The van der Waals surface area contributed by atoms with Gasteiger partial charge in [-0.05, 0) is 37.2 Å². The lowest BCUT2D eigenvalue weighted by molar-refractivity contribution is -0.00591. The van der Waals surface area contributed by atoms with Gasteiger partial charge in [0.1, 0.15) is 0 Å². The topological polar surface area (TPSA) is 18.5 Å². The second-order valence-corrected chi connectivity index (χ2v) is 5.64. The quantitative estimate of drug-likeness (QED) is 0.656. The van der Waals surface area contributed by atoms with Gasteiger partial charge in [0.15, 0.2) is 0 Å². The third kappa shape index (κ3) is 4.46. The zero-order chi connectivity index (χ0) is 14.2. The average Bonchev–Trinajstić information content (AvgIpc) is 2.93. The first-order valence-corrected chi connectivity index (χ1v) is 7.62. The van der Waals surface area contributed by atoms with Gasteiger partial charge in [-0.25, -0.2) is 0 Å². The summed E-state index contributed by atoms with van der Waals surface area (Å²) in [5.74, 6) is 0.628. The van der Waals surface area contributed by atoms with Crippen molar-refractivity contribution in [1.29, 1.82) is 0 Å². The first kappa shape index (κ1) is 15.3. The van der Waals surface area contributed by atoms with Crippen molar-refractivity contribution in [3.05, 3.63) is 48.6 Å². The Morgan fingerprint density at radius 1 is 1.30 bits per heavy atom. The largest absolute Gasteiger partial charge is 0.381 e. The number of methoxy groups -OCH3 is 1. The van der Waals surface area contributed by atoms with Gasteiger partial charge in [-0.15, -0.1) is 6.58 Å². The third-order valence-electron chi connectivity index (χ3n) is 4.22. The molecular weight excluding hydrogens is 248 g/mol. The van der Waals surface area contributed by atoms with Crippen LogP contribution in [0.15, 0.2) is 43.0 Å². The third-order valence-corrected chi connectivity index (χ3v) is 4.22. The zero-order valence-corrected chi connectivity index (χ0v) is 12.5. The fourth-order valence-corrected chi connectivity index (χ4v) is 3.08. The number of hydrogen-bond acceptors (Lipinski definition) is 2. The van der Waals surface area contributed by atoms with E-state index in [1.807, 2.05) is 12.1 Å². The fraction of sp³-hybridized carbons (Fsp3) is 0.556. The van der Waals surface area contributed by atoms with Gasteiger partial charge in [-0.2, -0.15) is 0 Å². The van der Waals surface area contributed by atoms with Crippen molar-refractivity contribution in [1.82, 2.24) is 0 Å². The highest BCUT2D eigenvalue weighted by Gasteiger charge is 2.29. The molecule has 0 aromatic heterocycles. The van der Waals surface area contributed by atoms with E-state index in [0.717, 1.165) is 19.4 Å². The van der Waals surface area contributed by atoms with Crippen LogP contribution in [0.2, 0.25) is 0 Å². The first-order chi connectivity index (χ1) is 9.83. The molecule has 1 saturated carbocycles. The Kier molecular flexibility index (Phi) is 6.28. The minimum absolute atomic E-state index is 0.290. The molecular formula is C18H26O2. The molecule has 0 amide bonds. The van der Waals surface area contributed by atoms with Crippen molar-refractivity contribution in [2.24, 2.45) is 5.92 Å². The van der Waals surface area contributed by atoms with Crippen molar-refractivity contribution >= 4 is 0 Å². The highest BCUT2D eigenvalue weighted by atomic mass is 16.5. The smallest absolute Gasteiger partial charge is 0.0720 e. The molecule has 0 aliphatic heterocycles. The second kappa shape index (κ2) is 8.23. The Morgan fingerprint density at radius 2 is 2.10 bits per heavy atom. The summed E-state index contributed by atoms with van der Waals surface area (Å²) in [6.07, 6.45) is 8.35. The molecule has 1 unspecified atom stereocenters. The van der Waals surface area contributed by atoms with Crippen LogP contribution in [0.4, 0.5) is 0 Å². The van der Waals surface area contributed by atoms with Gasteiger partial charge in [-0.3, -0.25) is 0 Å². The van der Waals surface area contributed by atoms with Gasteiger partial charge < -0.3 is 9.47 Å². The molecule has 1 aromatic carbocycles. The summed E-state index contributed by atoms with van der Waals surface area (Å²) in [6, 6.07) is 10.4. The van der Waals surface area contributed by atoms with Crippen LogP contribution in [0.25, 0.3) is 0 Å². The van der Waals surface area contributed by atoms with Crippen LogP contribution in [0.3, 0.4) is 0 Å². The Balaban J connectivity index is 1.82. The van der Waals surface area contributed by atoms with E-state index < -0.39 is 0 Å². The van der Waals surface area contributed by atoms with E-state index in [1.165, 1.54) is 24.8 Å². The summed E-state index contributed by atoms with van der Waals surface area (Å²) in [6.45, 7) is 4.53. The lowest BCUT2D eigenvalue weighted by atomic mass is 9.96. The van der Waals surface area contributed by atoms with E-state index in [-0.39, 0.29) is 0 Å². The van der Waals surface area contributed by atoms with Crippen molar-refractivity contribution in [2.75, 3.05) is 7.11 Å². The molecule has 0 N–H and O–H groups in total. The van der Waals surface area contributed by atoms with Gasteiger partial charge in [0.2, 0.25) is 0 Å². The molecule has 1 fully saturated rings. The van der Waals surface area contributed by atoms with Crippen LogP contribution >= 0.6 is 0 Å². The van der Waals surface area contributed by atoms with Gasteiger partial charge in [0, 0.05) is 7.11 Å². The van der Waals surface area contributed by atoms with Crippen LogP contribution in [-0.4, -0.2) is 19.3 Å². The summed E-state index contributed by atoms with van der Waals surface area (Å²) in [7, 11) is 1.79. The molecule has 20 heavy (non-hydrogen) atoms. The minimum Gasteiger partial charge on any atom is -0.381 e. The monoisotopic (exact) mass is 274 g/mol. The van der Waals surface area contributed by atoms with E-state index in [1.54, 1.807) is 7.11 Å². The van der Waals surface area contributed by atoms with Crippen LogP contribution in [0.5, 0.6) is 0 Å². The molecule has 0 bridgehead atoms. The zero-order valence-electron chi connectivity index (χ0n) is 12.5. The Bertz CT molecular complexity index is 388. The predicted molar refractivity (Wildman–Crippen MR) is 82.6 cm³/mol. The molecule has 110 valence electrons. The van der Waals surface area contributed by atoms with E-state index in [9.17, 15) is 0 Å². The van der Waals surface area contributed by atoms with E-state index in [4.69, 9.17) is 9.47 Å². The van der Waals surface area contributed by atoms with Crippen LogP contribution in [-0.2, 0) is 16.1 Å². The normalized spacial score (nSPS) is 23.6. The molecule has 2 heteroatoms. The minimum atomic E-state index is 0.290. The molecule has 1 aliphatic carbocycles. The molecule has 2 rings (SSSR count). The lowest BCUT2D eigenvalue weighted by Gasteiger charge is -2.24. The van der Waals surface area contributed by atoms with Gasteiger partial charge in [0.25, 0.3) is 0 Å². The molecule has 0 spiro atoms. The van der Waals surface area contributed by atoms with Crippen molar-refractivity contribution in [3.8, 4) is 0 Å². The second-order valence-electron chi connectivity index (χ2n) is 5.64. The highest BCUT2D eigenvalue weighted by molar-refractivity contribution is 5.13. The summed E-state index contributed by atoms with van der Waals surface area (Å²) >= 11 is 0. The van der Waals surface area contributed by atoms with E-state index in [0.29, 0.717) is 18.1 Å².